The van der Waals surface area contributed by atoms with E-state index in [1.807, 2.05) is 0 Å². The Labute approximate surface area is 78.9 Å². The SMILES string of the molecule is O=C(CC(=O)C(=O)OBr)OBr. The lowest BCUT2D eigenvalue weighted by Gasteiger charge is -1.92. The molecule has 62 valence electrons. The minimum absolute atomic E-state index is 0.643. The monoisotopic (exact) mass is 288 g/mol. The highest BCUT2D eigenvalue weighted by Crippen LogP contribution is 1.96. The first-order valence-electron chi connectivity index (χ1n) is 2.29. The molecule has 0 atom stereocenters. The standard InChI is InChI=1S/C4H2Br2O5/c5-10-3(8)1-2(7)4(9)11-6/h1H2. The molecule has 0 saturated heterocycles. The van der Waals surface area contributed by atoms with Gasteiger partial charge in [0.15, 0.2) is 32.5 Å². The smallest absolute Gasteiger partial charge is 0.383 e. The van der Waals surface area contributed by atoms with Gasteiger partial charge in [0.2, 0.25) is 0 Å². The van der Waals surface area contributed by atoms with Crippen LogP contribution in [0, 0.1) is 0 Å². The quantitative estimate of drug-likeness (QED) is 0.564. The van der Waals surface area contributed by atoms with Crippen LogP contribution in [0.4, 0.5) is 0 Å². The van der Waals surface area contributed by atoms with Crippen LogP contribution in [0.3, 0.4) is 0 Å². The summed E-state index contributed by atoms with van der Waals surface area (Å²) in [4.78, 5) is 31.2. The molecule has 0 spiro atoms. The van der Waals surface area contributed by atoms with Crippen molar-refractivity contribution in [1.29, 1.82) is 0 Å². The molecule has 0 aromatic heterocycles. The van der Waals surface area contributed by atoms with E-state index in [0.717, 1.165) is 0 Å². The number of hydrogen-bond donors (Lipinski definition) is 0. The van der Waals surface area contributed by atoms with Gasteiger partial charge in [-0.05, 0) is 0 Å². The highest BCUT2D eigenvalue weighted by atomic mass is 79.9. The molecule has 0 bridgehead atoms. The maximum absolute atomic E-state index is 10.5. The lowest BCUT2D eigenvalue weighted by molar-refractivity contribution is -0.149. The first-order valence-corrected chi connectivity index (χ1v) is 3.58. The summed E-state index contributed by atoms with van der Waals surface area (Å²) >= 11 is 4.64. The molecule has 5 nitrogen and oxygen atoms in total. The Morgan fingerprint density at radius 2 is 1.64 bits per heavy atom. The summed E-state index contributed by atoms with van der Waals surface area (Å²) in [6.07, 6.45) is -0.643. The second-order valence-electron chi connectivity index (χ2n) is 1.41. The normalized spacial score (nSPS) is 8.55. The van der Waals surface area contributed by atoms with Crippen molar-refractivity contribution in [2.45, 2.75) is 6.42 Å². The van der Waals surface area contributed by atoms with Gasteiger partial charge in [0, 0.05) is 0 Å². The van der Waals surface area contributed by atoms with Crippen LogP contribution in [-0.2, 0) is 22.0 Å². The van der Waals surface area contributed by atoms with E-state index in [0.29, 0.717) is 0 Å². The molecule has 0 aromatic carbocycles. The molecule has 0 amide bonds. The fourth-order valence-electron chi connectivity index (χ4n) is 0.274. The molecule has 0 saturated carbocycles. The minimum Gasteiger partial charge on any atom is -0.383 e. The zero-order valence-electron chi connectivity index (χ0n) is 5.00. The van der Waals surface area contributed by atoms with Gasteiger partial charge in [-0.25, -0.2) is 4.79 Å². The summed E-state index contributed by atoms with van der Waals surface area (Å²) in [5.74, 6) is -2.97. The Bertz CT molecular complexity index is 189. The summed E-state index contributed by atoms with van der Waals surface area (Å²) in [5.41, 5.74) is 0. The summed E-state index contributed by atoms with van der Waals surface area (Å²) in [6, 6.07) is 0. The Kier molecular flexibility index (Phi) is 5.05. The van der Waals surface area contributed by atoms with Gasteiger partial charge >= 0.3 is 11.9 Å². The summed E-state index contributed by atoms with van der Waals surface area (Å²) in [5, 5.41) is 0. The van der Waals surface area contributed by atoms with E-state index in [4.69, 9.17) is 0 Å². The predicted molar refractivity (Wildman–Crippen MR) is 39.7 cm³/mol. The molecular formula is C4H2Br2O5. The van der Waals surface area contributed by atoms with E-state index in [1.54, 1.807) is 0 Å². The van der Waals surface area contributed by atoms with Gasteiger partial charge in [0.25, 0.3) is 5.78 Å². The molecule has 11 heavy (non-hydrogen) atoms. The van der Waals surface area contributed by atoms with Crippen LogP contribution < -0.4 is 0 Å². The van der Waals surface area contributed by atoms with Gasteiger partial charge < -0.3 is 7.66 Å². The highest BCUT2D eigenvalue weighted by Gasteiger charge is 2.19. The zero-order chi connectivity index (χ0) is 8.85. The zero-order valence-corrected chi connectivity index (χ0v) is 8.18. The fraction of sp³-hybridized carbons (Fsp3) is 0.250. The molecule has 0 N–H and O–H groups in total. The Morgan fingerprint density at radius 3 is 2.00 bits per heavy atom. The van der Waals surface area contributed by atoms with Crippen molar-refractivity contribution in [3.05, 3.63) is 0 Å². The fourth-order valence-corrected chi connectivity index (χ4v) is 0.569. The second kappa shape index (κ2) is 5.25. The van der Waals surface area contributed by atoms with Crippen molar-refractivity contribution < 1.29 is 22.0 Å². The number of rotatable bonds is 3. The van der Waals surface area contributed by atoms with E-state index in [9.17, 15) is 14.4 Å². The van der Waals surface area contributed by atoms with E-state index < -0.39 is 24.1 Å². The molecule has 0 fully saturated rings. The average molecular weight is 290 g/mol. The van der Waals surface area contributed by atoms with Gasteiger partial charge in [-0.1, -0.05) is 0 Å². The molecule has 7 heteroatoms. The van der Waals surface area contributed by atoms with Crippen molar-refractivity contribution in [3.8, 4) is 0 Å². The third kappa shape index (κ3) is 4.10. The molecule has 0 aliphatic carbocycles. The molecular weight excluding hydrogens is 288 g/mol. The maximum atomic E-state index is 10.5. The number of carbonyl (C=O) groups excluding carboxylic acids is 3. The second-order valence-corrected chi connectivity index (χ2v) is 2.06. The molecule has 0 rings (SSSR count). The van der Waals surface area contributed by atoms with Crippen molar-refractivity contribution in [1.82, 2.24) is 0 Å². The molecule has 0 radical (unpaired) electrons. The number of carbonyl (C=O) groups is 3. The third-order valence-corrected chi connectivity index (χ3v) is 1.34. The number of hydrogen-bond acceptors (Lipinski definition) is 5. The Hall–Kier alpha value is -0.430. The van der Waals surface area contributed by atoms with Gasteiger partial charge in [-0.3, -0.25) is 9.59 Å². The van der Waals surface area contributed by atoms with Crippen molar-refractivity contribution in [2.24, 2.45) is 0 Å². The lowest BCUT2D eigenvalue weighted by Crippen LogP contribution is -2.17. The van der Waals surface area contributed by atoms with E-state index >= 15 is 0 Å². The van der Waals surface area contributed by atoms with Crippen LogP contribution in [-0.4, -0.2) is 17.7 Å². The van der Waals surface area contributed by atoms with Crippen LogP contribution in [0.15, 0.2) is 0 Å². The van der Waals surface area contributed by atoms with Gasteiger partial charge in [0.1, 0.15) is 6.42 Å². The van der Waals surface area contributed by atoms with Gasteiger partial charge in [-0.2, -0.15) is 0 Å². The van der Waals surface area contributed by atoms with Crippen LogP contribution in [0.25, 0.3) is 0 Å². The third-order valence-electron chi connectivity index (χ3n) is 0.689. The summed E-state index contributed by atoms with van der Waals surface area (Å²) in [7, 11) is 0. The van der Waals surface area contributed by atoms with Crippen LogP contribution >= 0.6 is 32.5 Å². The number of ketones is 1. The number of halogens is 2. The first-order chi connectivity index (χ1) is 5.11. The van der Waals surface area contributed by atoms with Gasteiger partial charge in [0.05, 0.1) is 0 Å². The predicted octanol–water partition coefficient (Wildman–Crippen LogP) is 0.652. The molecule has 0 heterocycles. The van der Waals surface area contributed by atoms with Gasteiger partial charge in [-0.15, -0.1) is 0 Å². The van der Waals surface area contributed by atoms with Crippen LogP contribution in [0.5, 0.6) is 0 Å². The van der Waals surface area contributed by atoms with E-state index in [-0.39, 0.29) is 0 Å². The molecule has 0 aliphatic heterocycles. The highest BCUT2D eigenvalue weighted by molar-refractivity contribution is 9.06. The van der Waals surface area contributed by atoms with Crippen LogP contribution in [0.1, 0.15) is 6.42 Å². The lowest BCUT2D eigenvalue weighted by atomic mass is 10.3. The first kappa shape index (κ1) is 10.6. The van der Waals surface area contributed by atoms with E-state index in [1.165, 1.54) is 0 Å². The largest absolute Gasteiger partial charge is 0.386 e. The van der Waals surface area contributed by atoms with E-state index in [2.05, 4.69) is 40.2 Å². The summed E-state index contributed by atoms with van der Waals surface area (Å²) in [6.45, 7) is 0. The Balaban J connectivity index is 3.88. The maximum Gasteiger partial charge on any atom is 0.386 e. The van der Waals surface area contributed by atoms with Crippen molar-refractivity contribution in [2.75, 3.05) is 0 Å². The topological polar surface area (TPSA) is 69.7 Å². The molecule has 0 aliphatic rings. The summed E-state index contributed by atoms with van der Waals surface area (Å²) < 4.78 is 7.80. The minimum atomic E-state index is -1.14. The van der Waals surface area contributed by atoms with Crippen molar-refractivity contribution in [3.63, 3.8) is 0 Å². The number of Topliss-reactive ketones (excluding diaryl/α,β-unsaturated/α-hetero) is 1. The molecule has 0 aromatic rings. The van der Waals surface area contributed by atoms with Crippen molar-refractivity contribution >= 4 is 50.2 Å². The average Bonchev–Trinajstić information content (AvgIpc) is 2.02. The molecule has 0 unspecified atom stereocenters. The Morgan fingerprint density at radius 1 is 1.09 bits per heavy atom. The van der Waals surface area contributed by atoms with Crippen LogP contribution in [0.2, 0.25) is 0 Å².